The molecular formula is C25H21F4N3O3. The van der Waals surface area contributed by atoms with Crippen molar-refractivity contribution in [3.63, 3.8) is 0 Å². The number of urea groups is 1. The highest BCUT2D eigenvalue weighted by atomic mass is 19.4. The Morgan fingerprint density at radius 3 is 2.31 bits per heavy atom. The van der Waals surface area contributed by atoms with Gasteiger partial charge in [0.1, 0.15) is 11.4 Å². The third-order valence-corrected chi connectivity index (χ3v) is 6.16. The first-order valence-corrected chi connectivity index (χ1v) is 10.6. The van der Waals surface area contributed by atoms with Crippen LogP contribution in [0.3, 0.4) is 0 Å². The Labute approximate surface area is 198 Å². The van der Waals surface area contributed by atoms with Gasteiger partial charge in [0.25, 0.3) is 5.91 Å². The molecule has 182 valence electrons. The Balaban J connectivity index is 1.61. The smallest absolute Gasteiger partial charge is 0.319 e. The van der Waals surface area contributed by atoms with Crippen LogP contribution in [0, 0.1) is 19.7 Å². The summed E-state index contributed by atoms with van der Waals surface area (Å²) in [4.78, 5) is 39.5. The van der Waals surface area contributed by atoms with Crippen molar-refractivity contribution in [3.05, 3.63) is 88.5 Å². The fourth-order valence-corrected chi connectivity index (χ4v) is 4.31. The average Bonchev–Trinajstić information content (AvgIpc) is 3.21. The van der Waals surface area contributed by atoms with Crippen molar-refractivity contribution in [1.82, 2.24) is 14.8 Å². The minimum atomic E-state index is -4.52. The lowest BCUT2D eigenvalue weighted by molar-refractivity contribution is -0.137. The number of hydrogen-bond acceptors (Lipinski definition) is 3. The van der Waals surface area contributed by atoms with Crippen LogP contribution < -0.4 is 5.32 Å². The monoisotopic (exact) mass is 487 g/mol. The normalized spacial score (nSPS) is 18.2. The Kier molecular flexibility index (Phi) is 5.78. The van der Waals surface area contributed by atoms with Gasteiger partial charge in [0.15, 0.2) is 5.78 Å². The van der Waals surface area contributed by atoms with Crippen LogP contribution in [0.4, 0.5) is 22.4 Å². The lowest BCUT2D eigenvalue weighted by Crippen LogP contribution is -2.41. The van der Waals surface area contributed by atoms with Crippen LogP contribution in [0.5, 0.6) is 0 Å². The maximum Gasteiger partial charge on any atom is 0.416 e. The second kappa shape index (κ2) is 8.37. The average molecular weight is 487 g/mol. The molecule has 0 radical (unpaired) electrons. The van der Waals surface area contributed by atoms with Gasteiger partial charge < -0.3 is 9.88 Å². The number of Topliss-reactive ketones (excluding diaryl/α,β-unsaturated/α-hetero) is 1. The third kappa shape index (κ3) is 4.20. The fourth-order valence-electron chi connectivity index (χ4n) is 4.31. The van der Waals surface area contributed by atoms with Crippen LogP contribution in [-0.2, 0) is 16.5 Å². The summed E-state index contributed by atoms with van der Waals surface area (Å²) in [7, 11) is 0. The van der Waals surface area contributed by atoms with Crippen LogP contribution in [0.25, 0.3) is 5.69 Å². The van der Waals surface area contributed by atoms with Gasteiger partial charge in [-0.05, 0) is 62.7 Å². The number of benzene rings is 2. The molecule has 1 atom stereocenters. The van der Waals surface area contributed by atoms with Crippen molar-refractivity contribution in [2.45, 2.75) is 32.5 Å². The van der Waals surface area contributed by atoms with E-state index >= 15 is 0 Å². The summed E-state index contributed by atoms with van der Waals surface area (Å²) in [6.45, 7) is 4.12. The molecule has 4 rings (SSSR count). The van der Waals surface area contributed by atoms with Crippen molar-refractivity contribution in [3.8, 4) is 5.69 Å². The predicted molar refractivity (Wildman–Crippen MR) is 119 cm³/mol. The molecule has 1 aromatic heterocycles. The summed E-state index contributed by atoms with van der Waals surface area (Å²) in [5.74, 6) is -1.73. The van der Waals surface area contributed by atoms with Crippen LogP contribution >= 0.6 is 0 Å². The highest BCUT2D eigenvalue weighted by Crippen LogP contribution is 2.32. The minimum absolute atomic E-state index is 0.177. The number of rotatable bonds is 5. The number of ketones is 1. The Morgan fingerprint density at radius 2 is 1.69 bits per heavy atom. The number of aromatic nitrogens is 1. The summed E-state index contributed by atoms with van der Waals surface area (Å²) in [5, 5.41) is 2.55. The molecule has 2 aromatic carbocycles. The number of carbonyl (C=O) groups excluding carboxylic acids is 3. The van der Waals surface area contributed by atoms with E-state index in [2.05, 4.69) is 5.32 Å². The molecule has 10 heteroatoms. The summed E-state index contributed by atoms with van der Waals surface area (Å²) < 4.78 is 54.3. The number of carbonyl (C=O) groups is 3. The molecule has 1 aliphatic rings. The van der Waals surface area contributed by atoms with E-state index < -0.39 is 47.4 Å². The largest absolute Gasteiger partial charge is 0.416 e. The maximum atomic E-state index is 13.3. The Hall–Kier alpha value is -3.95. The van der Waals surface area contributed by atoms with Crippen LogP contribution in [0.1, 0.15) is 39.8 Å². The molecule has 1 aliphatic heterocycles. The van der Waals surface area contributed by atoms with Gasteiger partial charge in [-0.15, -0.1) is 0 Å². The molecule has 35 heavy (non-hydrogen) atoms. The van der Waals surface area contributed by atoms with Gasteiger partial charge >= 0.3 is 12.2 Å². The lowest BCUT2D eigenvalue weighted by atomic mass is 9.92. The standard InChI is InChI=1S/C25H21F4N3O3/c1-14-11-20(15(2)32(14)19-6-4-5-17(12-19)25(27,28)29)21(33)13-31-22(34)24(3,30-23(31)35)16-7-9-18(26)10-8-16/h4-12H,13H2,1-3H3,(H,30,35). The SMILES string of the molecule is Cc1cc(C(=O)CN2C(=O)NC(C)(c3ccc(F)cc3)C2=O)c(C)n1-c1cccc(C(F)(F)F)c1. The van der Waals surface area contributed by atoms with Gasteiger partial charge in [-0.2, -0.15) is 13.2 Å². The van der Waals surface area contributed by atoms with E-state index in [-0.39, 0.29) is 11.3 Å². The van der Waals surface area contributed by atoms with Crippen molar-refractivity contribution >= 4 is 17.7 Å². The van der Waals surface area contributed by atoms with E-state index in [1.165, 1.54) is 41.8 Å². The molecule has 1 N–H and O–H groups in total. The Morgan fingerprint density at radius 1 is 1.03 bits per heavy atom. The van der Waals surface area contributed by atoms with Gasteiger partial charge in [0, 0.05) is 22.6 Å². The summed E-state index contributed by atoms with van der Waals surface area (Å²) in [6, 6.07) is 10.5. The first-order chi connectivity index (χ1) is 16.3. The number of amides is 3. The minimum Gasteiger partial charge on any atom is -0.319 e. The molecule has 1 unspecified atom stereocenters. The third-order valence-electron chi connectivity index (χ3n) is 6.16. The van der Waals surface area contributed by atoms with Crippen molar-refractivity contribution in [2.75, 3.05) is 6.54 Å². The van der Waals surface area contributed by atoms with E-state index in [9.17, 15) is 31.9 Å². The maximum absolute atomic E-state index is 13.3. The zero-order valence-corrected chi connectivity index (χ0v) is 19.0. The van der Waals surface area contributed by atoms with E-state index in [0.717, 1.165) is 29.2 Å². The highest BCUT2D eigenvalue weighted by Gasteiger charge is 2.49. The molecule has 0 saturated carbocycles. The number of halogens is 4. The zero-order chi connectivity index (χ0) is 25.7. The van der Waals surface area contributed by atoms with Crippen molar-refractivity contribution in [1.29, 1.82) is 0 Å². The molecule has 0 spiro atoms. The van der Waals surface area contributed by atoms with E-state index in [0.29, 0.717) is 17.0 Å². The molecule has 3 aromatic rings. The van der Waals surface area contributed by atoms with Crippen LogP contribution in [0.15, 0.2) is 54.6 Å². The predicted octanol–water partition coefficient (Wildman–Crippen LogP) is 4.90. The second-order valence-electron chi connectivity index (χ2n) is 8.54. The number of nitrogens with one attached hydrogen (secondary N) is 1. The molecule has 3 amide bonds. The van der Waals surface area contributed by atoms with Crippen molar-refractivity contribution < 1.29 is 31.9 Å². The van der Waals surface area contributed by atoms with E-state index in [1.54, 1.807) is 13.8 Å². The molecule has 1 saturated heterocycles. The van der Waals surface area contributed by atoms with E-state index in [1.807, 2.05) is 0 Å². The molecule has 0 bridgehead atoms. The number of aryl methyl sites for hydroxylation is 1. The number of alkyl halides is 3. The molecule has 6 nitrogen and oxygen atoms in total. The first kappa shape index (κ1) is 24.2. The van der Waals surface area contributed by atoms with Gasteiger partial charge in [0.05, 0.1) is 12.1 Å². The van der Waals surface area contributed by atoms with Gasteiger partial charge in [-0.1, -0.05) is 18.2 Å². The van der Waals surface area contributed by atoms with Gasteiger partial charge in [-0.25, -0.2) is 9.18 Å². The zero-order valence-electron chi connectivity index (χ0n) is 19.0. The quantitative estimate of drug-likeness (QED) is 0.316. The van der Waals surface area contributed by atoms with Crippen LogP contribution in [0.2, 0.25) is 0 Å². The first-order valence-electron chi connectivity index (χ1n) is 10.6. The molecule has 2 heterocycles. The number of imide groups is 1. The second-order valence-corrected chi connectivity index (χ2v) is 8.54. The van der Waals surface area contributed by atoms with Gasteiger partial charge in [0.2, 0.25) is 0 Å². The van der Waals surface area contributed by atoms with Crippen LogP contribution in [-0.4, -0.2) is 33.7 Å². The number of nitrogens with zero attached hydrogens (tertiary/aromatic N) is 2. The molecular weight excluding hydrogens is 466 g/mol. The summed E-state index contributed by atoms with van der Waals surface area (Å²) >= 11 is 0. The molecule has 1 fully saturated rings. The van der Waals surface area contributed by atoms with Crippen molar-refractivity contribution in [2.24, 2.45) is 0 Å². The topological polar surface area (TPSA) is 71.4 Å². The Bertz CT molecular complexity index is 1340. The number of hydrogen-bond donors (Lipinski definition) is 1. The molecule has 0 aliphatic carbocycles. The highest BCUT2D eigenvalue weighted by molar-refractivity contribution is 6.11. The van der Waals surface area contributed by atoms with E-state index in [4.69, 9.17) is 0 Å². The fraction of sp³-hybridized carbons (Fsp3) is 0.240. The summed E-state index contributed by atoms with van der Waals surface area (Å²) in [6.07, 6.45) is -4.52. The summed E-state index contributed by atoms with van der Waals surface area (Å²) in [5.41, 5.74) is -0.646. The van der Waals surface area contributed by atoms with Gasteiger partial charge in [-0.3, -0.25) is 14.5 Å². The lowest BCUT2D eigenvalue weighted by Gasteiger charge is -2.22.